The maximum absolute atomic E-state index is 5.54. The Morgan fingerprint density at radius 3 is 2.73 bits per heavy atom. The van der Waals surface area contributed by atoms with Gasteiger partial charge in [-0.1, -0.05) is 19.8 Å². The van der Waals surface area contributed by atoms with Crippen molar-refractivity contribution in [1.29, 1.82) is 0 Å². The fourth-order valence-corrected chi connectivity index (χ4v) is 3.00. The Labute approximate surface area is 94.7 Å². The zero-order valence-electron chi connectivity index (χ0n) is 9.31. The summed E-state index contributed by atoms with van der Waals surface area (Å²) in [5.74, 6) is 1.14. The highest BCUT2D eigenvalue weighted by atomic mass is 32.1. The molecule has 1 fully saturated rings. The van der Waals surface area contributed by atoms with E-state index in [0.29, 0.717) is 12.0 Å². The number of nitrogen functional groups attached to an aromatic ring is 1. The molecule has 2 unspecified atom stereocenters. The summed E-state index contributed by atoms with van der Waals surface area (Å²) in [6, 6.07) is 0.603. The van der Waals surface area contributed by atoms with Gasteiger partial charge in [-0.05, 0) is 18.8 Å². The van der Waals surface area contributed by atoms with Gasteiger partial charge in [-0.15, -0.1) is 0 Å². The lowest BCUT2D eigenvalue weighted by molar-refractivity contribution is 0.321. The van der Waals surface area contributed by atoms with Crippen LogP contribution in [0.25, 0.3) is 0 Å². The monoisotopic (exact) mass is 226 g/mol. The molecule has 1 aromatic heterocycles. The van der Waals surface area contributed by atoms with Gasteiger partial charge in [-0.3, -0.25) is 0 Å². The number of nitrogens with two attached hydrogens (primary N) is 1. The molecule has 2 rings (SSSR count). The first-order valence-electron chi connectivity index (χ1n) is 5.50. The minimum Gasteiger partial charge on any atom is -0.367 e. The third-order valence-corrected chi connectivity index (χ3v) is 4.12. The van der Waals surface area contributed by atoms with Gasteiger partial charge in [0.05, 0.1) is 0 Å². The van der Waals surface area contributed by atoms with E-state index in [4.69, 9.17) is 5.73 Å². The van der Waals surface area contributed by atoms with E-state index in [1.165, 1.54) is 37.2 Å². The lowest BCUT2D eigenvalue weighted by atomic mass is 9.85. The van der Waals surface area contributed by atoms with E-state index in [1.54, 1.807) is 0 Å². The molecule has 2 N–H and O–H groups in total. The first-order chi connectivity index (χ1) is 7.18. The predicted molar refractivity (Wildman–Crippen MR) is 64.1 cm³/mol. The average molecular weight is 226 g/mol. The second kappa shape index (κ2) is 4.35. The molecule has 0 bridgehead atoms. The Kier molecular flexibility index (Phi) is 3.09. The van der Waals surface area contributed by atoms with Crippen LogP contribution in [0.5, 0.6) is 0 Å². The van der Waals surface area contributed by atoms with Gasteiger partial charge >= 0.3 is 0 Å². The smallest absolute Gasteiger partial charge is 0.233 e. The molecule has 0 radical (unpaired) electrons. The lowest BCUT2D eigenvalue weighted by Crippen LogP contribution is -2.38. The van der Waals surface area contributed by atoms with Crippen LogP contribution in [0.3, 0.4) is 0 Å². The number of aromatic nitrogens is 2. The van der Waals surface area contributed by atoms with E-state index in [1.807, 2.05) is 0 Å². The van der Waals surface area contributed by atoms with Crippen LogP contribution in [-0.2, 0) is 0 Å². The van der Waals surface area contributed by atoms with Crippen LogP contribution >= 0.6 is 11.5 Å². The van der Waals surface area contributed by atoms with Crippen molar-refractivity contribution >= 4 is 22.6 Å². The Hall–Kier alpha value is -0.840. The summed E-state index contributed by atoms with van der Waals surface area (Å²) in [6.45, 7) is 2.32. The van der Waals surface area contributed by atoms with Gasteiger partial charge in [-0.2, -0.15) is 9.36 Å². The highest BCUT2D eigenvalue weighted by Gasteiger charge is 2.26. The molecule has 15 heavy (non-hydrogen) atoms. The van der Waals surface area contributed by atoms with Crippen LogP contribution in [0.1, 0.15) is 32.6 Å². The number of rotatable bonds is 2. The van der Waals surface area contributed by atoms with Crippen LogP contribution in [0, 0.1) is 5.92 Å². The van der Waals surface area contributed by atoms with Crippen molar-refractivity contribution in [2.75, 3.05) is 17.7 Å². The molecule has 0 saturated heterocycles. The van der Waals surface area contributed by atoms with E-state index in [2.05, 4.69) is 28.2 Å². The van der Waals surface area contributed by atoms with Gasteiger partial charge in [0.1, 0.15) is 0 Å². The van der Waals surface area contributed by atoms with Crippen molar-refractivity contribution in [3.05, 3.63) is 0 Å². The molecule has 1 heterocycles. The van der Waals surface area contributed by atoms with Crippen LogP contribution < -0.4 is 10.6 Å². The molecule has 1 aromatic rings. The van der Waals surface area contributed by atoms with Crippen LogP contribution in [0.4, 0.5) is 11.1 Å². The van der Waals surface area contributed by atoms with Crippen LogP contribution in [0.15, 0.2) is 0 Å². The van der Waals surface area contributed by atoms with Crippen LogP contribution in [-0.4, -0.2) is 22.4 Å². The number of nitrogens with zero attached hydrogens (tertiary/aromatic N) is 3. The first-order valence-corrected chi connectivity index (χ1v) is 6.28. The molecule has 2 atom stereocenters. The largest absolute Gasteiger partial charge is 0.367 e. The Bertz CT molecular complexity index is 325. The molecule has 1 saturated carbocycles. The molecule has 0 amide bonds. The van der Waals surface area contributed by atoms with Gasteiger partial charge in [0.15, 0.2) is 0 Å². The van der Waals surface area contributed by atoms with Crippen molar-refractivity contribution in [1.82, 2.24) is 9.36 Å². The summed E-state index contributed by atoms with van der Waals surface area (Å²) >= 11 is 1.39. The van der Waals surface area contributed by atoms with Crippen LogP contribution in [0.2, 0.25) is 0 Å². The summed E-state index contributed by atoms with van der Waals surface area (Å²) in [5, 5.41) is 0.950. The fourth-order valence-electron chi connectivity index (χ4n) is 2.38. The first kappa shape index (κ1) is 10.7. The molecule has 5 heteroatoms. The highest BCUT2D eigenvalue weighted by Crippen LogP contribution is 2.31. The Morgan fingerprint density at radius 2 is 2.13 bits per heavy atom. The lowest BCUT2D eigenvalue weighted by Gasteiger charge is -2.35. The Balaban J connectivity index is 2.09. The van der Waals surface area contributed by atoms with Crippen molar-refractivity contribution in [3.8, 4) is 0 Å². The molecule has 0 aromatic carbocycles. The molecule has 4 nitrogen and oxygen atoms in total. The molecular formula is C10H18N4S. The van der Waals surface area contributed by atoms with Gasteiger partial charge in [0.2, 0.25) is 11.1 Å². The minimum absolute atomic E-state index is 0.394. The standard InChI is InChI=1S/C10H18N4S/c1-7-5-3-4-6-8(7)14(2)10-12-9(11)13-15-10/h7-8H,3-6H2,1-2H3,(H2,11,13). The topological polar surface area (TPSA) is 55.0 Å². The summed E-state index contributed by atoms with van der Waals surface area (Å²) < 4.78 is 4.02. The van der Waals surface area contributed by atoms with Crippen molar-refractivity contribution < 1.29 is 0 Å². The summed E-state index contributed by atoms with van der Waals surface area (Å²) in [5.41, 5.74) is 5.54. The van der Waals surface area contributed by atoms with E-state index in [9.17, 15) is 0 Å². The molecule has 0 spiro atoms. The van der Waals surface area contributed by atoms with Gasteiger partial charge < -0.3 is 10.6 Å². The number of anilines is 2. The van der Waals surface area contributed by atoms with E-state index < -0.39 is 0 Å². The number of hydrogen-bond donors (Lipinski definition) is 1. The maximum Gasteiger partial charge on any atom is 0.233 e. The maximum atomic E-state index is 5.54. The van der Waals surface area contributed by atoms with Gasteiger partial charge in [-0.25, -0.2) is 0 Å². The molecule has 1 aliphatic carbocycles. The van der Waals surface area contributed by atoms with E-state index >= 15 is 0 Å². The summed E-state index contributed by atoms with van der Waals surface area (Å²) in [6.07, 6.45) is 5.28. The zero-order valence-corrected chi connectivity index (χ0v) is 10.1. The summed E-state index contributed by atoms with van der Waals surface area (Å²) in [4.78, 5) is 6.48. The number of hydrogen-bond acceptors (Lipinski definition) is 5. The minimum atomic E-state index is 0.394. The molecule has 0 aliphatic heterocycles. The molecule has 84 valence electrons. The Morgan fingerprint density at radius 1 is 1.40 bits per heavy atom. The van der Waals surface area contributed by atoms with Gasteiger partial charge in [0, 0.05) is 24.6 Å². The SMILES string of the molecule is CC1CCCCC1N(C)c1nc(N)ns1. The second-order valence-corrected chi connectivity index (χ2v) is 5.11. The van der Waals surface area contributed by atoms with Crippen molar-refractivity contribution in [2.45, 2.75) is 38.6 Å². The van der Waals surface area contributed by atoms with Crippen molar-refractivity contribution in [2.24, 2.45) is 5.92 Å². The van der Waals surface area contributed by atoms with Crippen molar-refractivity contribution in [3.63, 3.8) is 0 Å². The molecular weight excluding hydrogens is 208 g/mol. The zero-order chi connectivity index (χ0) is 10.8. The normalized spacial score (nSPS) is 26.5. The third kappa shape index (κ3) is 2.22. The quantitative estimate of drug-likeness (QED) is 0.839. The summed E-state index contributed by atoms with van der Waals surface area (Å²) in [7, 11) is 2.10. The average Bonchev–Trinajstić information content (AvgIpc) is 2.65. The fraction of sp³-hybridized carbons (Fsp3) is 0.800. The van der Waals surface area contributed by atoms with E-state index in [-0.39, 0.29) is 0 Å². The third-order valence-electron chi connectivity index (χ3n) is 3.30. The second-order valence-electron chi connectivity index (χ2n) is 4.38. The highest BCUT2D eigenvalue weighted by molar-refractivity contribution is 7.09. The predicted octanol–water partition coefficient (Wildman–Crippen LogP) is 2.14. The van der Waals surface area contributed by atoms with Gasteiger partial charge in [0.25, 0.3) is 0 Å². The molecule has 1 aliphatic rings. The van der Waals surface area contributed by atoms with E-state index in [0.717, 1.165) is 11.0 Å².